The Labute approximate surface area is 163 Å². The Bertz CT molecular complexity index is 377. The highest BCUT2D eigenvalue weighted by molar-refractivity contribution is 6.74. The maximum Gasteiger partial charge on any atom is 0.307 e. The largest absolute Gasteiger partial charge is 0.466 e. The number of hydrogen-bond donors (Lipinski definition) is 0. The molecule has 0 aliphatic carbocycles. The van der Waals surface area contributed by atoms with Gasteiger partial charge in [0, 0.05) is 19.8 Å². The van der Waals surface area contributed by atoms with Crippen LogP contribution in [0.4, 0.5) is 0 Å². The molecule has 1 heterocycles. The van der Waals surface area contributed by atoms with E-state index in [0.29, 0.717) is 13.0 Å². The number of carbonyl (C=O) groups excluding carboxylic acids is 1. The first kappa shape index (κ1) is 23.6. The molecule has 154 valence electrons. The zero-order chi connectivity index (χ0) is 19.3. The molecule has 1 fully saturated rings. The van der Waals surface area contributed by atoms with E-state index in [9.17, 15) is 4.79 Å². The van der Waals surface area contributed by atoms with Gasteiger partial charge in [0.15, 0.2) is 0 Å². The summed E-state index contributed by atoms with van der Waals surface area (Å²) in [7, 11) is -1.32. The van der Waals surface area contributed by atoms with Crippen molar-refractivity contribution in [3.05, 3.63) is 0 Å². The van der Waals surface area contributed by atoms with Crippen molar-refractivity contribution in [3.63, 3.8) is 0 Å². The van der Waals surface area contributed by atoms with E-state index in [2.05, 4.69) is 29.5 Å². The van der Waals surface area contributed by atoms with Crippen LogP contribution in [0.25, 0.3) is 0 Å². The average Bonchev–Trinajstić information content (AvgIpc) is 2.63. The quantitative estimate of drug-likeness (QED) is 0.233. The van der Waals surface area contributed by atoms with Crippen LogP contribution >= 0.6 is 0 Å². The Kier molecular flexibility index (Phi) is 12.5. The van der Waals surface area contributed by atoms with Crippen LogP contribution < -0.4 is 0 Å². The third kappa shape index (κ3) is 10.1. The van der Waals surface area contributed by atoms with E-state index < -0.39 is 8.24 Å². The fraction of sp³-hybridized carbons (Fsp3) is 0.952. The number of unbranched alkanes of at least 4 members (excludes halogenated alkanes) is 7. The molecule has 1 saturated heterocycles. The van der Waals surface area contributed by atoms with Crippen molar-refractivity contribution in [3.8, 4) is 0 Å². The number of esters is 1. The summed E-state index contributed by atoms with van der Waals surface area (Å²) in [6, 6.07) is 1.41. The smallest absolute Gasteiger partial charge is 0.307 e. The van der Waals surface area contributed by atoms with Gasteiger partial charge in [-0.05, 0) is 25.9 Å². The van der Waals surface area contributed by atoms with Crippen molar-refractivity contribution in [2.45, 2.75) is 97.2 Å². The van der Waals surface area contributed by atoms with Gasteiger partial charge in [-0.1, -0.05) is 71.4 Å². The molecule has 0 aromatic rings. The minimum absolute atomic E-state index is 0.0555. The second kappa shape index (κ2) is 13.7. The highest BCUT2D eigenvalue weighted by atomic mass is 28.3. The topological polar surface area (TPSA) is 32.8 Å². The van der Waals surface area contributed by atoms with Crippen molar-refractivity contribution in [1.82, 2.24) is 9.47 Å². The van der Waals surface area contributed by atoms with Crippen LogP contribution in [0.2, 0.25) is 19.1 Å². The van der Waals surface area contributed by atoms with E-state index in [4.69, 9.17) is 4.74 Å². The summed E-state index contributed by atoms with van der Waals surface area (Å²) in [6.07, 6.45) is 13.0. The van der Waals surface area contributed by atoms with Gasteiger partial charge in [0.2, 0.25) is 0 Å². The molecule has 0 aromatic carbocycles. The summed E-state index contributed by atoms with van der Waals surface area (Å²) < 4.78 is 7.82. The normalized spacial score (nSPS) is 16.8. The molecule has 0 saturated carbocycles. The molecule has 1 rings (SSSR count). The van der Waals surface area contributed by atoms with Gasteiger partial charge in [-0.25, -0.2) is 0 Å². The molecule has 0 N–H and O–H groups in total. The Balaban J connectivity index is 2.22. The molecule has 1 aliphatic rings. The number of ether oxygens (including phenoxy) is 1. The number of carbonyl (C=O) groups is 1. The number of nitrogens with zero attached hydrogens (tertiary/aromatic N) is 2. The predicted octanol–water partition coefficient (Wildman–Crippen LogP) is 5.25. The zero-order valence-electron chi connectivity index (χ0n) is 18.0. The Morgan fingerprint density at radius 3 is 2.27 bits per heavy atom. The monoisotopic (exact) mass is 384 g/mol. The molecule has 0 bridgehead atoms. The summed E-state index contributed by atoms with van der Waals surface area (Å²) in [5.41, 5.74) is 0. The lowest BCUT2D eigenvalue weighted by atomic mass is 10.1. The van der Waals surface area contributed by atoms with Crippen LogP contribution in [0.5, 0.6) is 0 Å². The zero-order valence-corrected chi connectivity index (χ0v) is 19.0. The molecule has 0 amide bonds. The van der Waals surface area contributed by atoms with Gasteiger partial charge in [-0.2, -0.15) is 0 Å². The van der Waals surface area contributed by atoms with Gasteiger partial charge in [0.1, 0.15) is 8.24 Å². The molecular formula is C21H44N2O2Si. The Hall–Kier alpha value is -0.393. The van der Waals surface area contributed by atoms with E-state index in [-0.39, 0.29) is 5.97 Å². The van der Waals surface area contributed by atoms with Crippen LogP contribution in [0.1, 0.15) is 78.1 Å². The summed E-state index contributed by atoms with van der Waals surface area (Å²) in [5.74, 6) is -0.0555. The van der Waals surface area contributed by atoms with Crippen molar-refractivity contribution in [2.24, 2.45) is 0 Å². The lowest BCUT2D eigenvalue weighted by Gasteiger charge is -2.44. The Morgan fingerprint density at radius 2 is 1.62 bits per heavy atom. The van der Waals surface area contributed by atoms with E-state index in [1.165, 1.54) is 70.4 Å². The summed E-state index contributed by atoms with van der Waals surface area (Å²) in [4.78, 5) is 14.0. The molecule has 0 spiro atoms. The van der Waals surface area contributed by atoms with Crippen LogP contribution in [0.3, 0.4) is 0 Å². The number of hydrogen-bond acceptors (Lipinski definition) is 4. The first-order valence-electron chi connectivity index (χ1n) is 11.1. The molecule has 0 unspecified atom stereocenters. The lowest BCUT2D eigenvalue weighted by molar-refractivity contribution is -0.143. The molecule has 0 aromatic heterocycles. The van der Waals surface area contributed by atoms with Crippen molar-refractivity contribution < 1.29 is 9.53 Å². The molecule has 0 atom stereocenters. The van der Waals surface area contributed by atoms with Gasteiger partial charge in [0.25, 0.3) is 0 Å². The fourth-order valence-corrected chi connectivity index (χ4v) is 6.65. The van der Waals surface area contributed by atoms with Gasteiger partial charge in [0.05, 0.1) is 13.0 Å². The van der Waals surface area contributed by atoms with Gasteiger partial charge < -0.3 is 9.30 Å². The fourth-order valence-electron chi connectivity index (χ4n) is 3.88. The van der Waals surface area contributed by atoms with Gasteiger partial charge >= 0.3 is 5.97 Å². The third-order valence-electron chi connectivity index (χ3n) is 5.71. The van der Waals surface area contributed by atoms with Gasteiger partial charge in [-0.15, -0.1) is 0 Å². The minimum Gasteiger partial charge on any atom is -0.466 e. The van der Waals surface area contributed by atoms with Crippen LogP contribution in [0.15, 0.2) is 0 Å². The second-order valence-electron chi connectivity index (χ2n) is 8.47. The predicted molar refractivity (Wildman–Crippen MR) is 114 cm³/mol. The second-order valence-corrected chi connectivity index (χ2v) is 13.2. The molecular weight excluding hydrogens is 340 g/mol. The highest BCUT2D eigenvalue weighted by Gasteiger charge is 2.32. The molecule has 26 heavy (non-hydrogen) atoms. The average molecular weight is 385 g/mol. The van der Waals surface area contributed by atoms with E-state index in [0.717, 1.165) is 19.8 Å². The van der Waals surface area contributed by atoms with E-state index in [1.54, 1.807) is 0 Å². The first-order valence-corrected chi connectivity index (χ1v) is 14.3. The lowest BCUT2D eigenvalue weighted by Crippen LogP contribution is -2.57. The first-order chi connectivity index (χ1) is 12.5. The van der Waals surface area contributed by atoms with Crippen LogP contribution in [-0.4, -0.2) is 56.6 Å². The molecule has 4 nitrogen and oxygen atoms in total. The Morgan fingerprint density at radius 1 is 0.962 bits per heavy atom. The van der Waals surface area contributed by atoms with E-state index in [1.807, 2.05) is 6.92 Å². The SMILES string of the molecule is CCCCCCCCCC[Si](C)(C)N1CCCN(CCC(=O)OCC)C1. The van der Waals surface area contributed by atoms with Crippen molar-refractivity contribution in [2.75, 3.05) is 32.9 Å². The molecule has 0 radical (unpaired) electrons. The van der Waals surface area contributed by atoms with Crippen molar-refractivity contribution in [1.29, 1.82) is 0 Å². The maximum absolute atomic E-state index is 11.6. The molecule has 1 aliphatic heterocycles. The highest BCUT2D eigenvalue weighted by Crippen LogP contribution is 2.23. The van der Waals surface area contributed by atoms with Crippen LogP contribution in [0, 0.1) is 0 Å². The summed E-state index contributed by atoms with van der Waals surface area (Å²) >= 11 is 0. The minimum atomic E-state index is -1.32. The number of rotatable bonds is 14. The standard InChI is InChI=1S/C21H44N2O2Si/c1-5-7-8-9-10-11-12-13-19-26(3,4)23-17-14-16-22(20-23)18-15-21(24)25-6-2/h5-20H2,1-4H3. The van der Waals surface area contributed by atoms with E-state index >= 15 is 0 Å². The van der Waals surface area contributed by atoms with Crippen molar-refractivity contribution >= 4 is 14.2 Å². The van der Waals surface area contributed by atoms with Crippen LogP contribution in [-0.2, 0) is 9.53 Å². The third-order valence-corrected chi connectivity index (χ3v) is 9.36. The van der Waals surface area contributed by atoms with Gasteiger partial charge in [-0.3, -0.25) is 9.69 Å². The summed E-state index contributed by atoms with van der Waals surface area (Å²) in [5, 5.41) is 0. The maximum atomic E-state index is 11.6. The summed E-state index contributed by atoms with van der Waals surface area (Å²) in [6.45, 7) is 14.0. The molecule has 5 heteroatoms.